The first-order valence-electron chi connectivity index (χ1n) is 3.75. The Labute approximate surface area is 88.9 Å². The number of fused-ring (bicyclic) bond motifs is 1. The quantitative estimate of drug-likeness (QED) is 0.340. The molecule has 0 aliphatic rings. The van der Waals surface area contributed by atoms with E-state index in [1.165, 1.54) is 11.3 Å². The molecule has 1 aromatic heterocycles. The average molecular weight is 226 g/mol. The average Bonchev–Trinajstić information content (AvgIpc) is 2.40. The highest BCUT2D eigenvalue weighted by atomic mass is 32.2. The number of rotatable bonds is 1. The standard InChI is InChI=1S/C8H6N2O2S2/c9-4-1-2-6-5(3-4)7(10(11)12)8(13)14-6/h1-3,13H,9H2. The van der Waals surface area contributed by atoms with E-state index in [0.29, 0.717) is 15.3 Å². The van der Waals surface area contributed by atoms with Crippen molar-refractivity contribution < 1.29 is 4.92 Å². The van der Waals surface area contributed by atoms with Crippen molar-refractivity contribution in [2.45, 2.75) is 4.21 Å². The number of nitrogens with zero attached hydrogens (tertiary/aromatic N) is 1. The van der Waals surface area contributed by atoms with Crippen LogP contribution < -0.4 is 5.73 Å². The third kappa shape index (κ3) is 1.32. The Balaban J connectivity index is 2.86. The summed E-state index contributed by atoms with van der Waals surface area (Å²) in [5, 5.41) is 11.3. The minimum absolute atomic E-state index is 0.0423. The maximum absolute atomic E-state index is 10.7. The van der Waals surface area contributed by atoms with Crippen LogP contribution in [-0.4, -0.2) is 4.92 Å². The van der Waals surface area contributed by atoms with Gasteiger partial charge in [-0.05, 0) is 18.2 Å². The van der Waals surface area contributed by atoms with Crippen LogP contribution in [0.15, 0.2) is 22.4 Å². The third-order valence-electron chi connectivity index (χ3n) is 1.85. The number of nitro groups is 1. The molecule has 1 aromatic carbocycles. The van der Waals surface area contributed by atoms with Crippen molar-refractivity contribution in [2.24, 2.45) is 0 Å². The van der Waals surface area contributed by atoms with Crippen molar-refractivity contribution in [3.63, 3.8) is 0 Å². The molecule has 0 saturated heterocycles. The summed E-state index contributed by atoms with van der Waals surface area (Å²) in [5.74, 6) is 0. The molecule has 0 amide bonds. The van der Waals surface area contributed by atoms with E-state index >= 15 is 0 Å². The van der Waals surface area contributed by atoms with Gasteiger partial charge in [0.25, 0.3) is 0 Å². The predicted octanol–water partition coefficient (Wildman–Crippen LogP) is 2.68. The normalized spacial score (nSPS) is 10.6. The molecular weight excluding hydrogens is 220 g/mol. The van der Waals surface area contributed by atoms with E-state index in [-0.39, 0.29) is 5.69 Å². The molecule has 0 spiro atoms. The lowest BCUT2D eigenvalue weighted by molar-refractivity contribution is -0.385. The Morgan fingerprint density at radius 2 is 2.21 bits per heavy atom. The van der Waals surface area contributed by atoms with E-state index in [1.54, 1.807) is 18.2 Å². The van der Waals surface area contributed by atoms with Crippen molar-refractivity contribution in [3.05, 3.63) is 28.3 Å². The van der Waals surface area contributed by atoms with Crippen molar-refractivity contribution >= 4 is 45.4 Å². The van der Waals surface area contributed by atoms with Crippen molar-refractivity contribution in [2.75, 3.05) is 5.73 Å². The Bertz CT molecular complexity index is 521. The fraction of sp³-hybridized carbons (Fsp3) is 0. The molecular formula is C8H6N2O2S2. The molecule has 0 aliphatic carbocycles. The second kappa shape index (κ2) is 3.14. The van der Waals surface area contributed by atoms with E-state index in [1.807, 2.05) is 0 Å². The van der Waals surface area contributed by atoms with Gasteiger partial charge in [0.1, 0.15) is 4.21 Å². The van der Waals surface area contributed by atoms with E-state index in [0.717, 1.165) is 4.70 Å². The minimum Gasteiger partial charge on any atom is -0.399 e. The Morgan fingerprint density at radius 1 is 1.50 bits per heavy atom. The van der Waals surface area contributed by atoms with Gasteiger partial charge in [-0.15, -0.1) is 24.0 Å². The largest absolute Gasteiger partial charge is 0.399 e. The van der Waals surface area contributed by atoms with Crippen molar-refractivity contribution in [1.29, 1.82) is 0 Å². The molecule has 0 unspecified atom stereocenters. The third-order valence-corrected chi connectivity index (χ3v) is 3.30. The zero-order valence-corrected chi connectivity index (χ0v) is 8.64. The lowest BCUT2D eigenvalue weighted by Gasteiger charge is -1.92. The highest BCUT2D eigenvalue weighted by Gasteiger charge is 2.19. The number of benzene rings is 1. The highest BCUT2D eigenvalue weighted by Crippen LogP contribution is 2.40. The molecule has 0 bridgehead atoms. The lowest BCUT2D eigenvalue weighted by atomic mass is 10.2. The van der Waals surface area contributed by atoms with Gasteiger partial charge in [-0.2, -0.15) is 0 Å². The molecule has 6 heteroatoms. The molecule has 14 heavy (non-hydrogen) atoms. The molecule has 2 N–H and O–H groups in total. The second-order valence-corrected chi connectivity index (χ2v) is 4.57. The Kier molecular flexibility index (Phi) is 2.09. The SMILES string of the molecule is Nc1ccc2sc(S)c([N+](=O)[O-])c2c1. The molecule has 1 heterocycles. The topological polar surface area (TPSA) is 69.2 Å². The molecule has 0 saturated carbocycles. The predicted molar refractivity (Wildman–Crippen MR) is 60.1 cm³/mol. The maximum atomic E-state index is 10.7. The summed E-state index contributed by atoms with van der Waals surface area (Å²) in [7, 11) is 0. The Hall–Kier alpha value is -1.27. The molecule has 0 fully saturated rings. The number of nitrogens with two attached hydrogens (primary N) is 1. The summed E-state index contributed by atoms with van der Waals surface area (Å²) >= 11 is 5.35. The second-order valence-electron chi connectivity index (χ2n) is 2.77. The van der Waals surface area contributed by atoms with E-state index in [4.69, 9.17) is 5.73 Å². The van der Waals surface area contributed by atoms with Gasteiger partial charge in [-0.1, -0.05) is 0 Å². The molecule has 2 aromatic rings. The number of hydrogen-bond acceptors (Lipinski definition) is 5. The summed E-state index contributed by atoms with van der Waals surface area (Å²) < 4.78 is 1.24. The van der Waals surface area contributed by atoms with Gasteiger partial charge in [0, 0.05) is 10.4 Å². The number of anilines is 1. The van der Waals surface area contributed by atoms with E-state index in [9.17, 15) is 10.1 Å². The van der Waals surface area contributed by atoms with Gasteiger partial charge >= 0.3 is 5.69 Å². The first-order valence-corrected chi connectivity index (χ1v) is 5.01. The number of thiophene rings is 1. The molecule has 72 valence electrons. The van der Waals surface area contributed by atoms with E-state index < -0.39 is 4.92 Å². The summed E-state index contributed by atoms with van der Waals surface area (Å²) in [6.45, 7) is 0. The molecule has 0 atom stereocenters. The van der Waals surface area contributed by atoms with Gasteiger partial charge in [-0.3, -0.25) is 10.1 Å². The van der Waals surface area contributed by atoms with Crippen LogP contribution in [0.3, 0.4) is 0 Å². The van der Waals surface area contributed by atoms with Crippen molar-refractivity contribution in [1.82, 2.24) is 0 Å². The summed E-state index contributed by atoms with van der Waals surface area (Å²) in [6.07, 6.45) is 0. The van der Waals surface area contributed by atoms with Gasteiger partial charge in [0.2, 0.25) is 0 Å². The van der Waals surface area contributed by atoms with Gasteiger partial charge < -0.3 is 5.73 Å². The Morgan fingerprint density at radius 3 is 2.86 bits per heavy atom. The number of hydrogen-bond donors (Lipinski definition) is 2. The number of thiol groups is 1. The van der Waals surface area contributed by atoms with Crippen LogP contribution in [0.1, 0.15) is 0 Å². The van der Waals surface area contributed by atoms with Crippen LogP contribution in [0.25, 0.3) is 10.1 Å². The fourth-order valence-electron chi connectivity index (χ4n) is 1.27. The van der Waals surface area contributed by atoms with Crippen molar-refractivity contribution in [3.8, 4) is 0 Å². The summed E-state index contributed by atoms with van der Waals surface area (Å²) in [6, 6.07) is 5.08. The monoisotopic (exact) mass is 226 g/mol. The first kappa shape index (κ1) is 9.29. The van der Waals surface area contributed by atoms with Gasteiger partial charge in [0.15, 0.2) is 0 Å². The summed E-state index contributed by atoms with van der Waals surface area (Å²) in [4.78, 5) is 10.3. The molecule has 0 radical (unpaired) electrons. The first-order chi connectivity index (χ1) is 6.59. The minimum atomic E-state index is -0.430. The van der Waals surface area contributed by atoms with Crippen LogP contribution >= 0.6 is 24.0 Å². The van der Waals surface area contributed by atoms with Crippen LogP contribution in [0.4, 0.5) is 11.4 Å². The zero-order valence-electron chi connectivity index (χ0n) is 6.93. The zero-order chi connectivity index (χ0) is 10.3. The maximum Gasteiger partial charge on any atom is 0.301 e. The summed E-state index contributed by atoms with van der Waals surface area (Å²) in [5.41, 5.74) is 6.12. The highest BCUT2D eigenvalue weighted by molar-refractivity contribution is 7.83. The van der Waals surface area contributed by atoms with Gasteiger partial charge in [0.05, 0.1) is 10.3 Å². The van der Waals surface area contributed by atoms with E-state index in [2.05, 4.69) is 12.6 Å². The fourth-order valence-corrected chi connectivity index (χ4v) is 2.65. The molecule has 2 rings (SSSR count). The van der Waals surface area contributed by atoms with Gasteiger partial charge in [-0.25, -0.2) is 0 Å². The lowest BCUT2D eigenvalue weighted by Crippen LogP contribution is -1.88. The van der Waals surface area contributed by atoms with Crippen LogP contribution in [0.5, 0.6) is 0 Å². The number of nitrogen functional groups attached to an aromatic ring is 1. The molecule has 0 aliphatic heterocycles. The van der Waals surface area contributed by atoms with Crippen LogP contribution in [-0.2, 0) is 0 Å². The van der Waals surface area contributed by atoms with Crippen LogP contribution in [0.2, 0.25) is 0 Å². The molecule has 4 nitrogen and oxygen atoms in total. The van der Waals surface area contributed by atoms with Crippen LogP contribution in [0, 0.1) is 10.1 Å². The smallest absolute Gasteiger partial charge is 0.301 e.